The van der Waals surface area contributed by atoms with E-state index in [4.69, 9.17) is 33.0 Å². The minimum absolute atomic E-state index is 0.0832. The van der Waals surface area contributed by atoms with Gasteiger partial charge in [0.25, 0.3) is 11.5 Å². The predicted octanol–water partition coefficient (Wildman–Crippen LogP) is 4.37. The Labute approximate surface area is 201 Å². The summed E-state index contributed by atoms with van der Waals surface area (Å²) in [6, 6.07) is 14.2. The fourth-order valence-electron chi connectivity index (χ4n) is 3.94. The molecule has 3 aromatic rings. The number of halogens is 2. The van der Waals surface area contributed by atoms with Crippen LogP contribution >= 0.6 is 23.2 Å². The summed E-state index contributed by atoms with van der Waals surface area (Å²) in [7, 11) is 1.42. The number of hydrogen-bond acceptors (Lipinski definition) is 5. The van der Waals surface area contributed by atoms with Crippen LogP contribution in [0.2, 0.25) is 10.0 Å². The van der Waals surface area contributed by atoms with E-state index in [1.807, 2.05) is 31.2 Å². The largest absolute Gasteiger partial charge is 0.411 e. The van der Waals surface area contributed by atoms with Gasteiger partial charge in [-0.25, -0.2) is 4.98 Å². The number of nitrogens with one attached hydrogen (secondary N) is 1. The van der Waals surface area contributed by atoms with Crippen molar-refractivity contribution in [3.8, 4) is 0 Å². The van der Waals surface area contributed by atoms with Crippen LogP contribution in [-0.2, 0) is 13.0 Å². The van der Waals surface area contributed by atoms with Gasteiger partial charge in [0.2, 0.25) is 5.95 Å². The second-order valence-corrected chi connectivity index (χ2v) is 8.66. The van der Waals surface area contributed by atoms with Crippen molar-refractivity contribution >= 4 is 35.1 Å². The summed E-state index contributed by atoms with van der Waals surface area (Å²) in [5.41, 5.74) is 2.34. The highest BCUT2D eigenvalue weighted by molar-refractivity contribution is 6.30. The van der Waals surface area contributed by atoms with Crippen LogP contribution in [0.1, 0.15) is 46.6 Å². The molecule has 0 saturated carbocycles. The number of hydrogen-bond donors (Lipinski definition) is 1. The zero-order valence-corrected chi connectivity index (χ0v) is 19.9. The molecule has 2 heterocycles. The van der Waals surface area contributed by atoms with Gasteiger partial charge in [0.1, 0.15) is 7.11 Å². The van der Waals surface area contributed by atoms with Crippen LogP contribution in [-0.4, -0.2) is 34.2 Å². The van der Waals surface area contributed by atoms with Gasteiger partial charge in [-0.05, 0) is 48.4 Å². The van der Waals surface area contributed by atoms with E-state index in [1.165, 1.54) is 7.11 Å². The topological polar surface area (TPSA) is 76.5 Å². The summed E-state index contributed by atoms with van der Waals surface area (Å²) < 4.78 is 1.15. The van der Waals surface area contributed by atoms with E-state index in [-0.39, 0.29) is 24.1 Å². The van der Waals surface area contributed by atoms with E-state index in [0.717, 1.165) is 16.7 Å². The van der Waals surface area contributed by atoms with E-state index in [2.05, 4.69) is 5.32 Å². The maximum absolute atomic E-state index is 13.3. The molecule has 0 aliphatic carbocycles. The van der Waals surface area contributed by atoms with Crippen LogP contribution in [0, 0.1) is 0 Å². The van der Waals surface area contributed by atoms with Gasteiger partial charge in [0.15, 0.2) is 0 Å². The van der Waals surface area contributed by atoms with Crippen molar-refractivity contribution in [3.63, 3.8) is 0 Å². The van der Waals surface area contributed by atoms with Gasteiger partial charge in [-0.15, -0.1) is 4.73 Å². The number of amides is 1. The van der Waals surface area contributed by atoms with Crippen LogP contribution in [0.5, 0.6) is 0 Å². The van der Waals surface area contributed by atoms with Crippen molar-refractivity contribution in [1.82, 2.24) is 14.6 Å². The minimum atomic E-state index is -0.329. The van der Waals surface area contributed by atoms with Crippen molar-refractivity contribution in [3.05, 3.63) is 91.3 Å². The fraction of sp³-hybridized carbons (Fsp3) is 0.292. The number of fused-ring (bicyclic) bond motifs is 1. The zero-order valence-electron chi connectivity index (χ0n) is 18.3. The average molecular weight is 487 g/mol. The summed E-state index contributed by atoms with van der Waals surface area (Å²) in [5, 5.41) is 4.55. The van der Waals surface area contributed by atoms with E-state index in [1.54, 1.807) is 29.2 Å². The SMILES string of the molecule is CCC(Nc1nc2c(c(=O)n1OC)CN(C(=O)c1ccc(Cl)cc1)CC2)c1ccc(Cl)cc1. The molecule has 0 spiro atoms. The first-order valence-electron chi connectivity index (χ1n) is 10.7. The lowest BCUT2D eigenvalue weighted by Gasteiger charge is -2.29. The normalized spacial score (nSPS) is 13.9. The number of carbonyl (C=O) groups excluding carboxylic acids is 1. The van der Waals surface area contributed by atoms with Crippen molar-refractivity contribution in [2.45, 2.75) is 32.4 Å². The minimum Gasteiger partial charge on any atom is -0.411 e. The Kier molecular flexibility index (Phi) is 6.91. The van der Waals surface area contributed by atoms with E-state index in [0.29, 0.717) is 45.8 Å². The molecule has 1 aliphatic heterocycles. The maximum Gasteiger partial charge on any atom is 0.293 e. The first kappa shape index (κ1) is 23.1. The monoisotopic (exact) mass is 486 g/mol. The van der Waals surface area contributed by atoms with E-state index < -0.39 is 0 Å². The molecule has 9 heteroatoms. The molecular formula is C24H24Cl2N4O3. The number of benzene rings is 2. The van der Waals surface area contributed by atoms with Gasteiger partial charge in [0.05, 0.1) is 23.8 Å². The highest BCUT2D eigenvalue weighted by atomic mass is 35.5. The van der Waals surface area contributed by atoms with Gasteiger partial charge in [0, 0.05) is 28.6 Å². The Hall–Kier alpha value is -3.03. The van der Waals surface area contributed by atoms with Crippen LogP contribution in [0.4, 0.5) is 5.95 Å². The third-order valence-corrected chi connectivity index (χ3v) is 6.24. The number of carbonyl (C=O) groups is 1. The molecule has 7 nitrogen and oxygen atoms in total. The zero-order chi connectivity index (χ0) is 23.5. The quantitative estimate of drug-likeness (QED) is 0.559. The second kappa shape index (κ2) is 9.85. The summed E-state index contributed by atoms with van der Waals surface area (Å²) in [5.74, 6) is 0.178. The van der Waals surface area contributed by atoms with E-state index in [9.17, 15) is 9.59 Å². The summed E-state index contributed by atoms with van der Waals surface area (Å²) in [4.78, 5) is 37.9. The number of rotatable bonds is 6. The van der Waals surface area contributed by atoms with Gasteiger partial charge in [-0.2, -0.15) is 0 Å². The molecule has 1 unspecified atom stereocenters. The first-order valence-corrected chi connectivity index (χ1v) is 11.4. The third kappa shape index (κ3) is 4.84. The second-order valence-electron chi connectivity index (χ2n) is 7.78. The molecule has 1 amide bonds. The van der Waals surface area contributed by atoms with Gasteiger partial charge in [-0.3, -0.25) is 9.59 Å². The Morgan fingerprint density at radius 3 is 2.36 bits per heavy atom. The highest BCUT2D eigenvalue weighted by Crippen LogP contribution is 2.24. The lowest BCUT2D eigenvalue weighted by Crippen LogP contribution is -2.42. The summed E-state index contributed by atoms with van der Waals surface area (Å²) in [6.45, 7) is 2.67. The van der Waals surface area contributed by atoms with Crippen molar-refractivity contribution in [2.75, 3.05) is 19.0 Å². The standard InChI is InChI=1S/C24H24Cl2N4O3/c1-3-20(15-4-8-17(25)9-5-15)27-24-28-21-12-13-29(14-19(21)23(32)30(24)33-2)22(31)16-6-10-18(26)11-7-16/h4-11,20H,3,12-14H2,1-2H3,(H,27,28). The average Bonchev–Trinajstić information content (AvgIpc) is 2.83. The molecule has 0 bridgehead atoms. The molecule has 33 heavy (non-hydrogen) atoms. The Bertz CT molecular complexity index is 1210. The molecule has 0 saturated heterocycles. The predicted molar refractivity (Wildman–Crippen MR) is 129 cm³/mol. The number of aromatic nitrogens is 2. The summed E-state index contributed by atoms with van der Waals surface area (Å²) >= 11 is 11.9. The highest BCUT2D eigenvalue weighted by Gasteiger charge is 2.28. The van der Waals surface area contributed by atoms with Gasteiger partial charge < -0.3 is 15.1 Å². The van der Waals surface area contributed by atoms with Crippen LogP contribution < -0.4 is 15.7 Å². The molecular weight excluding hydrogens is 463 g/mol. The number of nitrogens with zero attached hydrogens (tertiary/aromatic N) is 3. The Balaban J connectivity index is 1.61. The molecule has 1 N–H and O–H groups in total. The number of anilines is 1. The van der Waals surface area contributed by atoms with Crippen LogP contribution in [0.3, 0.4) is 0 Å². The van der Waals surface area contributed by atoms with Crippen molar-refractivity contribution < 1.29 is 9.63 Å². The van der Waals surface area contributed by atoms with Gasteiger partial charge >= 0.3 is 0 Å². The molecule has 172 valence electrons. The van der Waals surface area contributed by atoms with Crippen molar-refractivity contribution in [1.29, 1.82) is 0 Å². The van der Waals surface area contributed by atoms with Crippen LogP contribution in [0.25, 0.3) is 0 Å². The molecule has 4 rings (SSSR count). The summed E-state index contributed by atoms with van der Waals surface area (Å²) in [6.07, 6.45) is 1.24. The lowest BCUT2D eigenvalue weighted by molar-refractivity contribution is 0.0728. The molecule has 1 aromatic heterocycles. The molecule has 1 aliphatic rings. The smallest absolute Gasteiger partial charge is 0.293 e. The van der Waals surface area contributed by atoms with Gasteiger partial charge in [-0.1, -0.05) is 42.3 Å². The molecule has 2 aromatic carbocycles. The molecule has 0 radical (unpaired) electrons. The van der Waals surface area contributed by atoms with E-state index >= 15 is 0 Å². The third-order valence-electron chi connectivity index (χ3n) is 5.74. The molecule has 1 atom stereocenters. The Morgan fingerprint density at radius 1 is 1.12 bits per heavy atom. The molecule has 0 fully saturated rings. The van der Waals surface area contributed by atoms with Crippen molar-refractivity contribution in [2.24, 2.45) is 0 Å². The Morgan fingerprint density at radius 2 is 1.76 bits per heavy atom. The lowest BCUT2D eigenvalue weighted by atomic mass is 10.0. The first-order chi connectivity index (χ1) is 15.9. The maximum atomic E-state index is 13.3. The fourth-order valence-corrected chi connectivity index (χ4v) is 4.19. The van der Waals surface area contributed by atoms with Crippen LogP contribution in [0.15, 0.2) is 53.3 Å².